The van der Waals surface area contributed by atoms with Crippen molar-refractivity contribution in [2.75, 3.05) is 0 Å². The highest BCUT2D eigenvalue weighted by molar-refractivity contribution is 7.89. The molecule has 0 fully saturated rings. The lowest BCUT2D eigenvalue weighted by molar-refractivity contribution is 0.0936. The topological polar surface area (TPSA) is 89.3 Å². The average Bonchev–Trinajstić information content (AvgIpc) is 2.27. The normalized spacial score (nSPS) is 12.5. The fourth-order valence-electron chi connectivity index (χ4n) is 1.39. The van der Waals surface area contributed by atoms with E-state index < -0.39 is 26.6 Å². The molecule has 0 aromatic heterocycles. The van der Waals surface area contributed by atoms with Crippen LogP contribution in [-0.4, -0.2) is 20.4 Å². The minimum Gasteiger partial charge on any atom is -0.349 e. The molecule has 7 heteroatoms. The lowest BCUT2D eigenvalue weighted by Crippen LogP contribution is -2.32. The van der Waals surface area contributed by atoms with Crippen LogP contribution in [0.15, 0.2) is 23.1 Å². The summed E-state index contributed by atoms with van der Waals surface area (Å²) >= 11 is 0. The maximum Gasteiger partial charge on any atom is 0.254 e. The number of primary sulfonamides is 1. The van der Waals surface area contributed by atoms with E-state index in [2.05, 4.69) is 11.2 Å². The highest BCUT2D eigenvalue weighted by atomic mass is 32.2. The van der Waals surface area contributed by atoms with Crippen molar-refractivity contribution >= 4 is 15.9 Å². The molecule has 0 radical (unpaired) electrons. The Morgan fingerprint density at radius 2 is 2.21 bits per heavy atom. The Morgan fingerprint density at radius 3 is 2.68 bits per heavy atom. The molecule has 0 aliphatic heterocycles. The Morgan fingerprint density at radius 1 is 1.58 bits per heavy atom. The van der Waals surface area contributed by atoms with E-state index in [4.69, 9.17) is 11.6 Å². The highest BCUT2D eigenvalue weighted by Gasteiger charge is 2.17. The number of hydrogen-bond acceptors (Lipinski definition) is 3. The third-order valence-corrected chi connectivity index (χ3v) is 3.23. The summed E-state index contributed by atoms with van der Waals surface area (Å²) in [6.07, 6.45) is 5.39. The number of hydrogen-bond donors (Lipinski definition) is 2. The first kappa shape index (κ1) is 15.1. The highest BCUT2D eigenvalue weighted by Crippen LogP contribution is 2.14. The van der Waals surface area contributed by atoms with Crippen LogP contribution >= 0.6 is 0 Å². The SMILES string of the molecule is C#CCC(C)NC(=O)c1ccc(S(N)(=O)=O)cc1F. The number of halogens is 1. The minimum absolute atomic E-state index is 0.267. The van der Waals surface area contributed by atoms with Gasteiger partial charge in [0.1, 0.15) is 5.82 Å². The van der Waals surface area contributed by atoms with Gasteiger partial charge in [-0.15, -0.1) is 12.3 Å². The van der Waals surface area contributed by atoms with Gasteiger partial charge in [0, 0.05) is 12.5 Å². The monoisotopic (exact) mass is 284 g/mol. The number of rotatable bonds is 4. The van der Waals surface area contributed by atoms with Gasteiger partial charge in [0.15, 0.2) is 0 Å². The molecule has 1 amide bonds. The fraction of sp³-hybridized carbons (Fsp3) is 0.250. The molecule has 0 saturated heterocycles. The van der Waals surface area contributed by atoms with E-state index in [-0.39, 0.29) is 11.6 Å². The van der Waals surface area contributed by atoms with Crippen molar-refractivity contribution in [2.45, 2.75) is 24.3 Å². The predicted octanol–water partition coefficient (Wildman–Crippen LogP) is 0.615. The first-order valence-corrected chi connectivity index (χ1v) is 6.87. The van der Waals surface area contributed by atoms with Gasteiger partial charge in [0.25, 0.3) is 5.91 Å². The van der Waals surface area contributed by atoms with Crippen LogP contribution in [0, 0.1) is 18.2 Å². The summed E-state index contributed by atoms with van der Waals surface area (Å²) < 4.78 is 35.7. The molecule has 0 aliphatic carbocycles. The Hall–Kier alpha value is -1.91. The van der Waals surface area contributed by atoms with Crippen molar-refractivity contribution in [3.63, 3.8) is 0 Å². The molecular formula is C12H13FN2O3S. The Kier molecular flexibility index (Phi) is 4.64. The third-order valence-electron chi connectivity index (χ3n) is 2.32. The molecule has 0 spiro atoms. The van der Waals surface area contributed by atoms with Gasteiger partial charge in [-0.25, -0.2) is 17.9 Å². The van der Waals surface area contributed by atoms with Crippen LogP contribution in [0.2, 0.25) is 0 Å². The van der Waals surface area contributed by atoms with Crippen molar-refractivity contribution in [1.29, 1.82) is 0 Å². The van der Waals surface area contributed by atoms with E-state index in [9.17, 15) is 17.6 Å². The lowest BCUT2D eigenvalue weighted by Gasteiger charge is -2.11. The number of benzene rings is 1. The molecule has 1 rings (SSSR count). The van der Waals surface area contributed by atoms with Crippen molar-refractivity contribution in [1.82, 2.24) is 5.32 Å². The van der Waals surface area contributed by atoms with E-state index in [1.165, 1.54) is 0 Å². The minimum atomic E-state index is -4.00. The van der Waals surface area contributed by atoms with Crippen molar-refractivity contribution in [2.24, 2.45) is 5.14 Å². The number of nitrogens with one attached hydrogen (secondary N) is 1. The zero-order valence-electron chi connectivity index (χ0n) is 10.2. The fourth-order valence-corrected chi connectivity index (χ4v) is 1.91. The summed E-state index contributed by atoms with van der Waals surface area (Å²) in [7, 11) is -4.00. The van der Waals surface area contributed by atoms with E-state index in [0.29, 0.717) is 12.5 Å². The van der Waals surface area contributed by atoms with Gasteiger partial charge >= 0.3 is 0 Å². The van der Waals surface area contributed by atoms with Crippen LogP contribution < -0.4 is 10.5 Å². The summed E-state index contributed by atoms with van der Waals surface area (Å²) in [5.74, 6) is 0.737. The zero-order valence-corrected chi connectivity index (χ0v) is 11.0. The lowest BCUT2D eigenvalue weighted by atomic mass is 10.1. The van der Waals surface area contributed by atoms with Gasteiger partial charge in [-0.3, -0.25) is 4.79 Å². The van der Waals surface area contributed by atoms with Gasteiger partial charge in [0.2, 0.25) is 10.0 Å². The predicted molar refractivity (Wildman–Crippen MR) is 68.2 cm³/mol. The van der Waals surface area contributed by atoms with Crippen LogP contribution in [0.4, 0.5) is 4.39 Å². The van der Waals surface area contributed by atoms with Gasteiger partial charge in [-0.1, -0.05) is 0 Å². The number of terminal acetylenes is 1. The van der Waals surface area contributed by atoms with Gasteiger partial charge in [0.05, 0.1) is 10.5 Å². The van der Waals surface area contributed by atoms with Gasteiger partial charge in [-0.2, -0.15) is 0 Å². The number of carbonyl (C=O) groups excluding carboxylic acids is 1. The third kappa shape index (κ3) is 4.05. The molecule has 1 unspecified atom stereocenters. The summed E-state index contributed by atoms with van der Waals surface area (Å²) in [5.41, 5.74) is -0.267. The number of amides is 1. The number of sulfonamides is 1. The van der Waals surface area contributed by atoms with Crippen molar-refractivity contribution < 1.29 is 17.6 Å². The van der Waals surface area contributed by atoms with Crippen LogP contribution in [0.3, 0.4) is 0 Å². The largest absolute Gasteiger partial charge is 0.349 e. The number of nitrogens with two attached hydrogens (primary N) is 1. The van der Waals surface area contributed by atoms with E-state index in [1.54, 1.807) is 6.92 Å². The second-order valence-electron chi connectivity index (χ2n) is 3.97. The molecule has 0 bridgehead atoms. The maximum absolute atomic E-state index is 13.6. The molecule has 0 heterocycles. The summed E-state index contributed by atoms with van der Waals surface area (Å²) in [5, 5.41) is 7.35. The molecule has 1 atom stereocenters. The first-order valence-electron chi connectivity index (χ1n) is 5.32. The molecule has 5 nitrogen and oxygen atoms in total. The van der Waals surface area contributed by atoms with E-state index in [1.807, 2.05) is 0 Å². The van der Waals surface area contributed by atoms with Crippen molar-refractivity contribution in [3.8, 4) is 12.3 Å². The summed E-state index contributed by atoms with van der Waals surface area (Å²) in [6, 6.07) is 2.53. The average molecular weight is 284 g/mol. The molecule has 102 valence electrons. The molecule has 1 aromatic carbocycles. The van der Waals surface area contributed by atoms with E-state index in [0.717, 1.165) is 12.1 Å². The number of carbonyl (C=O) groups is 1. The van der Waals surface area contributed by atoms with Crippen LogP contribution in [0.5, 0.6) is 0 Å². The molecular weight excluding hydrogens is 271 g/mol. The Labute approximate surface area is 111 Å². The molecule has 0 saturated carbocycles. The second-order valence-corrected chi connectivity index (χ2v) is 5.53. The van der Waals surface area contributed by atoms with Crippen molar-refractivity contribution in [3.05, 3.63) is 29.6 Å². The van der Waals surface area contributed by atoms with Gasteiger partial charge in [-0.05, 0) is 25.1 Å². The van der Waals surface area contributed by atoms with Crippen LogP contribution in [-0.2, 0) is 10.0 Å². The zero-order chi connectivity index (χ0) is 14.6. The summed E-state index contributed by atoms with van der Waals surface area (Å²) in [4.78, 5) is 11.3. The molecule has 0 aliphatic rings. The first-order chi connectivity index (χ1) is 8.75. The second kappa shape index (κ2) is 5.82. The Balaban J connectivity index is 2.98. The quantitative estimate of drug-likeness (QED) is 0.794. The Bertz CT molecular complexity index is 635. The molecule has 19 heavy (non-hydrogen) atoms. The molecule has 1 aromatic rings. The van der Waals surface area contributed by atoms with Crippen LogP contribution in [0.25, 0.3) is 0 Å². The maximum atomic E-state index is 13.6. The van der Waals surface area contributed by atoms with E-state index >= 15 is 0 Å². The molecule has 3 N–H and O–H groups in total. The van der Waals surface area contributed by atoms with Crippen LogP contribution in [0.1, 0.15) is 23.7 Å². The van der Waals surface area contributed by atoms with Gasteiger partial charge < -0.3 is 5.32 Å². The summed E-state index contributed by atoms with van der Waals surface area (Å²) in [6.45, 7) is 1.67. The smallest absolute Gasteiger partial charge is 0.254 e. The standard InChI is InChI=1S/C12H13FN2O3S/c1-3-4-8(2)15-12(16)10-6-5-9(7-11(10)13)19(14,17)18/h1,5-8H,4H2,2H3,(H,15,16)(H2,14,17,18).